The van der Waals surface area contributed by atoms with Crippen LogP contribution in [0.1, 0.15) is 52.2 Å². The van der Waals surface area contributed by atoms with Crippen LogP contribution in [0.5, 0.6) is 0 Å². The molecular formula is C46H49N4S2+. The maximum Gasteiger partial charge on any atom is 0.212 e. The summed E-state index contributed by atoms with van der Waals surface area (Å²) in [7, 11) is 8.06. The molecule has 0 unspecified atom stereocenters. The SMILES string of the molecule is CN\C=C/C(/C=C/c1c2c(n(CCSSCCn3c(C)c(/C=C/c4cc[n+](C)c5ccccc45)c4ccccc43)c1C)CCC=C2)=C1/C=CC=CC1. The Labute approximate surface area is 317 Å². The van der Waals surface area contributed by atoms with Crippen LogP contribution in [0.4, 0.5) is 0 Å². The zero-order chi connectivity index (χ0) is 35.9. The maximum absolute atomic E-state index is 3.16. The first-order valence-electron chi connectivity index (χ1n) is 18.4. The summed E-state index contributed by atoms with van der Waals surface area (Å²) in [6, 6.07) is 19.7. The highest BCUT2D eigenvalue weighted by molar-refractivity contribution is 8.76. The van der Waals surface area contributed by atoms with E-state index in [0.29, 0.717) is 0 Å². The molecule has 2 aromatic carbocycles. The van der Waals surface area contributed by atoms with Gasteiger partial charge < -0.3 is 14.5 Å². The summed E-state index contributed by atoms with van der Waals surface area (Å²) in [6.45, 7) is 6.60. The Balaban J connectivity index is 1.02. The van der Waals surface area contributed by atoms with Gasteiger partial charge in [-0.1, -0.05) is 113 Å². The molecule has 0 radical (unpaired) electrons. The summed E-state index contributed by atoms with van der Waals surface area (Å²) in [5.41, 5.74) is 14.6. The van der Waals surface area contributed by atoms with E-state index in [1.165, 1.54) is 72.3 Å². The van der Waals surface area contributed by atoms with E-state index in [1.54, 1.807) is 0 Å². The number of aromatic nitrogens is 3. The molecule has 264 valence electrons. The topological polar surface area (TPSA) is 25.8 Å². The third kappa shape index (κ3) is 7.60. The number of nitrogens with zero attached hydrogens (tertiary/aromatic N) is 3. The van der Waals surface area contributed by atoms with Gasteiger partial charge in [-0.15, -0.1) is 0 Å². The Hall–Kier alpha value is -4.65. The predicted octanol–water partition coefficient (Wildman–Crippen LogP) is 10.8. The molecule has 1 N–H and O–H groups in total. The average molecular weight is 722 g/mol. The number of fused-ring (bicyclic) bond motifs is 3. The van der Waals surface area contributed by atoms with Gasteiger partial charge in [0.2, 0.25) is 5.52 Å². The van der Waals surface area contributed by atoms with Gasteiger partial charge in [-0.25, -0.2) is 4.57 Å². The molecule has 0 fully saturated rings. The Kier molecular flexibility index (Phi) is 11.5. The van der Waals surface area contributed by atoms with Crippen molar-refractivity contribution in [2.75, 3.05) is 18.6 Å². The lowest BCUT2D eigenvalue weighted by Gasteiger charge is -2.13. The lowest BCUT2D eigenvalue weighted by molar-refractivity contribution is -0.644. The highest BCUT2D eigenvalue weighted by Crippen LogP contribution is 2.33. The standard InChI is InChI=1S/C46H49N4S2/c1-34-39(24-22-37(26-28-47-3)36-14-6-5-7-15-36)42-17-9-12-20-45(42)49(34)30-32-51-52-33-31-50-35(2)40(43-18-10-13-21-46(43)50)25-23-38-27-29-48(4)44-19-11-8-16-41(38)44/h5-11,13-14,16-19,21-29,47H,12,15,20,30-33H2,1-4H3/q+1/b24-22+,28-26-,37-36-. The van der Waals surface area contributed by atoms with Crippen molar-refractivity contribution in [1.29, 1.82) is 0 Å². The van der Waals surface area contributed by atoms with Crippen LogP contribution in [-0.2, 0) is 26.6 Å². The van der Waals surface area contributed by atoms with E-state index in [9.17, 15) is 0 Å². The summed E-state index contributed by atoms with van der Waals surface area (Å²) < 4.78 is 7.29. The van der Waals surface area contributed by atoms with Gasteiger partial charge >= 0.3 is 0 Å². The van der Waals surface area contributed by atoms with E-state index in [2.05, 4.69) is 168 Å². The summed E-state index contributed by atoms with van der Waals surface area (Å²) in [5, 5.41) is 5.75. The normalized spacial score (nSPS) is 15.3. The molecule has 7 rings (SSSR count). The molecule has 0 bridgehead atoms. The number of hydrogen-bond acceptors (Lipinski definition) is 3. The van der Waals surface area contributed by atoms with Gasteiger partial charge in [0.15, 0.2) is 6.20 Å². The van der Waals surface area contributed by atoms with Crippen LogP contribution in [0.15, 0.2) is 121 Å². The Morgan fingerprint density at radius 1 is 0.808 bits per heavy atom. The fourth-order valence-corrected chi connectivity index (χ4v) is 9.52. The number of hydrogen-bond donors (Lipinski definition) is 1. The molecular weight excluding hydrogens is 673 g/mol. The lowest BCUT2D eigenvalue weighted by Crippen LogP contribution is -2.28. The number of pyridine rings is 1. The van der Waals surface area contributed by atoms with Gasteiger partial charge in [0.05, 0.1) is 5.39 Å². The lowest BCUT2D eigenvalue weighted by atomic mass is 9.97. The van der Waals surface area contributed by atoms with Crippen molar-refractivity contribution >= 4 is 67.7 Å². The van der Waals surface area contributed by atoms with E-state index < -0.39 is 0 Å². The molecule has 0 aliphatic heterocycles. The minimum Gasteiger partial charge on any atom is -0.394 e. The highest BCUT2D eigenvalue weighted by Gasteiger charge is 2.19. The summed E-state index contributed by atoms with van der Waals surface area (Å²) >= 11 is 0. The molecule has 0 saturated carbocycles. The van der Waals surface area contributed by atoms with Crippen molar-refractivity contribution in [3.8, 4) is 0 Å². The Morgan fingerprint density at radius 3 is 2.38 bits per heavy atom. The van der Waals surface area contributed by atoms with E-state index in [0.717, 1.165) is 43.9 Å². The number of nitrogens with one attached hydrogen (secondary N) is 1. The molecule has 0 saturated heterocycles. The first-order valence-corrected chi connectivity index (χ1v) is 20.9. The summed E-state index contributed by atoms with van der Waals surface area (Å²) in [6.07, 6.45) is 32.2. The molecule has 52 heavy (non-hydrogen) atoms. The molecule has 3 heterocycles. The third-order valence-corrected chi connectivity index (χ3v) is 12.7. The Bertz CT molecular complexity index is 2300. The fraction of sp³-hybridized carbons (Fsp3) is 0.239. The number of allylic oxidation sites excluding steroid dienone is 9. The van der Waals surface area contributed by atoms with Gasteiger partial charge in [0.1, 0.15) is 7.05 Å². The van der Waals surface area contributed by atoms with Gasteiger partial charge in [0, 0.05) is 88.5 Å². The van der Waals surface area contributed by atoms with Crippen molar-refractivity contribution < 1.29 is 4.57 Å². The molecule has 5 aromatic rings. The van der Waals surface area contributed by atoms with Crippen molar-refractivity contribution in [2.24, 2.45) is 7.05 Å². The van der Waals surface area contributed by atoms with Gasteiger partial charge in [-0.2, -0.15) is 0 Å². The number of para-hydroxylation sites is 2. The van der Waals surface area contributed by atoms with Crippen LogP contribution in [0, 0.1) is 13.8 Å². The van der Waals surface area contributed by atoms with Crippen LogP contribution in [-0.4, -0.2) is 27.7 Å². The van der Waals surface area contributed by atoms with Crippen LogP contribution in [0.2, 0.25) is 0 Å². The van der Waals surface area contributed by atoms with Crippen molar-refractivity contribution in [3.63, 3.8) is 0 Å². The first kappa shape index (κ1) is 35.7. The maximum atomic E-state index is 3.16. The van der Waals surface area contributed by atoms with Gasteiger partial charge in [0.25, 0.3) is 0 Å². The second-order valence-corrected chi connectivity index (χ2v) is 16.1. The largest absolute Gasteiger partial charge is 0.394 e. The zero-order valence-corrected chi connectivity index (χ0v) is 32.4. The third-order valence-electron chi connectivity index (χ3n) is 10.3. The van der Waals surface area contributed by atoms with Crippen LogP contribution < -0.4 is 9.88 Å². The second kappa shape index (κ2) is 16.8. The minimum atomic E-state index is 0.959. The Morgan fingerprint density at radius 2 is 1.58 bits per heavy atom. The molecule has 3 aromatic heterocycles. The molecule has 6 heteroatoms. The molecule has 2 aliphatic rings. The van der Waals surface area contributed by atoms with E-state index in [4.69, 9.17) is 0 Å². The van der Waals surface area contributed by atoms with Crippen molar-refractivity contribution in [3.05, 3.63) is 160 Å². The fourth-order valence-electron chi connectivity index (χ4n) is 7.61. The number of rotatable bonds is 13. The van der Waals surface area contributed by atoms with Gasteiger partial charge in [-0.3, -0.25) is 0 Å². The summed E-state index contributed by atoms with van der Waals surface area (Å²) in [5.74, 6) is 2.15. The minimum absolute atomic E-state index is 0.959. The molecule has 0 atom stereocenters. The van der Waals surface area contributed by atoms with E-state index >= 15 is 0 Å². The van der Waals surface area contributed by atoms with Crippen molar-refractivity contribution in [2.45, 2.75) is 46.2 Å². The molecule has 2 aliphatic carbocycles. The number of benzene rings is 2. The van der Waals surface area contributed by atoms with Crippen LogP contribution in [0.25, 0.3) is 46.1 Å². The van der Waals surface area contributed by atoms with Crippen LogP contribution >= 0.6 is 21.6 Å². The van der Waals surface area contributed by atoms with E-state index in [-0.39, 0.29) is 0 Å². The van der Waals surface area contributed by atoms with Crippen LogP contribution in [0.3, 0.4) is 0 Å². The average Bonchev–Trinajstić information content (AvgIpc) is 3.61. The van der Waals surface area contributed by atoms with E-state index in [1.807, 2.05) is 34.8 Å². The molecule has 0 spiro atoms. The number of aryl methyl sites for hydroxylation is 2. The van der Waals surface area contributed by atoms with Gasteiger partial charge in [-0.05, 0) is 74.2 Å². The highest BCUT2D eigenvalue weighted by atomic mass is 33.1. The monoisotopic (exact) mass is 721 g/mol. The predicted molar refractivity (Wildman–Crippen MR) is 229 cm³/mol. The summed E-state index contributed by atoms with van der Waals surface area (Å²) in [4.78, 5) is 0. The molecule has 0 amide bonds. The second-order valence-electron chi connectivity index (χ2n) is 13.4. The van der Waals surface area contributed by atoms with Crippen molar-refractivity contribution in [1.82, 2.24) is 14.5 Å². The zero-order valence-electron chi connectivity index (χ0n) is 30.8. The quantitative estimate of drug-likeness (QED) is 0.0745. The smallest absolute Gasteiger partial charge is 0.212 e. The molecule has 4 nitrogen and oxygen atoms in total. The first-order chi connectivity index (χ1) is 25.5.